The van der Waals surface area contributed by atoms with Crippen molar-refractivity contribution >= 4 is 5.91 Å². The lowest BCUT2D eigenvalue weighted by molar-refractivity contribution is -0.131. The molecule has 1 aliphatic heterocycles. The van der Waals surface area contributed by atoms with Crippen molar-refractivity contribution in [3.05, 3.63) is 35.9 Å². The van der Waals surface area contributed by atoms with Crippen molar-refractivity contribution in [1.82, 2.24) is 4.90 Å². The van der Waals surface area contributed by atoms with Gasteiger partial charge in [-0.1, -0.05) is 30.3 Å². The lowest BCUT2D eigenvalue weighted by Gasteiger charge is -2.19. The van der Waals surface area contributed by atoms with Gasteiger partial charge in [-0.25, -0.2) is 0 Å². The van der Waals surface area contributed by atoms with Gasteiger partial charge >= 0.3 is 0 Å². The van der Waals surface area contributed by atoms with Crippen molar-refractivity contribution in [2.45, 2.75) is 6.54 Å². The van der Waals surface area contributed by atoms with E-state index in [1.54, 1.807) is 0 Å². The molecule has 3 unspecified atom stereocenters. The van der Waals surface area contributed by atoms with Gasteiger partial charge in [0.15, 0.2) is 0 Å². The number of carbonyl (C=O) groups is 1. The van der Waals surface area contributed by atoms with E-state index in [0.29, 0.717) is 12.5 Å². The lowest BCUT2D eigenvalue weighted by atomic mass is 10.2. The average molecular weight is 217 g/mol. The first-order chi connectivity index (χ1) is 7.81. The highest BCUT2D eigenvalue weighted by atomic mass is 16.3. The van der Waals surface area contributed by atoms with E-state index in [4.69, 9.17) is 5.11 Å². The summed E-state index contributed by atoms with van der Waals surface area (Å²) < 4.78 is 0. The van der Waals surface area contributed by atoms with Gasteiger partial charge in [0, 0.05) is 25.6 Å². The van der Waals surface area contributed by atoms with E-state index in [-0.39, 0.29) is 24.3 Å². The van der Waals surface area contributed by atoms with E-state index < -0.39 is 0 Å². The second-order valence-electron chi connectivity index (χ2n) is 4.74. The number of aliphatic hydroxyl groups excluding tert-OH is 1. The highest BCUT2D eigenvalue weighted by Gasteiger charge is 2.60. The smallest absolute Gasteiger partial charge is 0.226 e. The van der Waals surface area contributed by atoms with Crippen molar-refractivity contribution < 1.29 is 9.90 Å². The normalized spacial score (nSPS) is 31.7. The van der Waals surface area contributed by atoms with Crippen molar-refractivity contribution in [2.24, 2.45) is 17.8 Å². The van der Waals surface area contributed by atoms with Crippen LogP contribution in [0.5, 0.6) is 0 Å². The summed E-state index contributed by atoms with van der Waals surface area (Å²) in [7, 11) is 0. The molecule has 1 aliphatic carbocycles. The Morgan fingerprint density at radius 1 is 1.31 bits per heavy atom. The van der Waals surface area contributed by atoms with Crippen LogP contribution in [-0.2, 0) is 11.3 Å². The third-order valence-corrected chi connectivity index (χ3v) is 3.79. The monoisotopic (exact) mass is 217 g/mol. The van der Waals surface area contributed by atoms with Crippen LogP contribution in [0, 0.1) is 17.8 Å². The summed E-state index contributed by atoms with van der Waals surface area (Å²) in [4.78, 5) is 13.8. The second-order valence-corrected chi connectivity index (χ2v) is 4.74. The summed E-state index contributed by atoms with van der Waals surface area (Å²) >= 11 is 0. The van der Waals surface area contributed by atoms with Gasteiger partial charge in [0.1, 0.15) is 0 Å². The molecule has 0 spiro atoms. The number of hydrogen-bond acceptors (Lipinski definition) is 2. The van der Waals surface area contributed by atoms with E-state index in [1.165, 1.54) is 5.56 Å². The molecule has 3 rings (SSSR count). The molecule has 3 nitrogen and oxygen atoms in total. The summed E-state index contributed by atoms with van der Waals surface area (Å²) in [6.45, 7) is 1.70. The average Bonchev–Trinajstić information content (AvgIpc) is 2.92. The fourth-order valence-corrected chi connectivity index (χ4v) is 2.81. The zero-order valence-electron chi connectivity index (χ0n) is 9.04. The van der Waals surface area contributed by atoms with Gasteiger partial charge in [0.05, 0.1) is 0 Å². The third-order valence-electron chi connectivity index (χ3n) is 3.79. The molecule has 0 bridgehead atoms. The summed E-state index contributed by atoms with van der Waals surface area (Å²) in [5.41, 5.74) is 1.18. The Bertz CT molecular complexity index is 404. The molecule has 2 fully saturated rings. The van der Waals surface area contributed by atoms with Gasteiger partial charge in [0.25, 0.3) is 0 Å². The maximum atomic E-state index is 11.9. The predicted octanol–water partition coefficient (Wildman–Crippen LogP) is 0.883. The molecule has 16 heavy (non-hydrogen) atoms. The highest BCUT2D eigenvalue weighted by Crippen LogP contribution is 2.52. The molecular formula is C13H15NO2. The molecule has 1 aromatic rings. The molecule has 3 heteroatoms. The molecule has 84 valence electrons. The van der Waals surface area contributed by atoms with Crippen LogP contribution in [0.4, 0.5) is 0 Å². The van der Waals surface area contributed by atoms with Gasteiger partial charge in [-0.05, 0) is 17.4 Å². The number of likely N-dealkylation sites (tertiary alicyclic amines) is 1. The van der Waals surface area contributed by atoms with E-state index in [0.717, 1.165) is 6.54 Å². The molecule has 1 heterocycles. The Morgan fingerprint density at radius 3 is 2.62 bits per heavy atom. The Labute approximate surface area is 94.7 Å². The van der Waals surface area contributed by atoms with Gasteiger partial charge in [-0.3, -0.25) is 4.79 Å². The fraction of sp³-hybridized carbons (Fsp3) is 0.462. The SMILES string of the molecule is O=C1C2C(CO)C2CN1Cc1ccccc1. The van der Waals surface area contributed by atoms with Gasteiger partial charge in [-0.15, -0.1) is 0 Å². The first-order valence-electron chi connectivity index (χ1n) is 5.75. The topological polar surface area (TPSA) is 40.5 Å². The minimum Gasteiger partial charge on any atom is -0.396 e. The number of amides is 1. The fourth-order valence-electron chi connectivity index (χ4n) is 2.81. The standard InChI is InChI=1S/C13H15NO2/c15-8-11-10-7-14(13(16)12(10)11)6-9-4-2-1-3-5-9/h1-5,10-12,15H,6-8H2. The summed E-state index contributed by atoms with van der Waals surface area (Å²) in [6, 6.07) is 10.1. The maximum absolute atomic E-state index is 11.9. The Hall–Kier alpha value is -1.35. The summed E-state index contributed by atoms with van der Waals surface area (Å²) in [5.74, 6) is 1.02. The Morgan fingerprint density at radius 2 is 2.06 bits per heavy atom. The zero-order chi connectivity index (χ0) is 11.1. The lowest BCUT2D eigenvalue weighted by Crippen LogP contribution is -2.30. The molecule has 2 aliphatic rings. The minimum atomic E-state index is 0.119. The molecule has 1 N–H and O–H groups in total. The molecule has 0 radical (unpaired) electrons. The van der Waals surface area contributed by atoms with Gasteiger partial charge in [0.2, 0.25) is 5.91 Å². The van der Waals surface area contributed by atoms with Crippen LogP contribution in [0.25, 0.3) is 0 Å². The van der Waals surface area contributed by atoms with Crippen LogP contribution in [0.3, 0.4) is 0 Å². The molecule has 3 atom stereocenters. The van der Waals surface area contributed by atoms with Crippen molar-refractivity contribution in [3.63, 3.8) is 0 Å². The largest absolute Gasteiger partial charge is 0.396 e. The molecule has 0 aromatic heterocycles. The predicted molar refractivity (Wildman–Crippen MR) is 59.4 cm³/mol. The van der Waals surface area contributed by atoms with Crippen molar-refractivity contribution in [3.8, 4) is 0 Å². The number of aliphatic hydroxyl groups is 1. The molecule has 1 aromatic carbocycles. The van der Waals surface area contributed by atoms with Crippen LogP contribution in [0.1, 0.15) is 5.56 Å². The summed E-state index contributed by atoms with van der Waals surface area (Å²) in [5, 5.41) is 9.03. The number of carbonyl (C=O) groups excluding carboxylic acids is 1. The number of benzene rings is 1. The van der Waals surface area contributed by atoms with Crippen LogP contribution in [-0.4, -0.2) is 29.1 Å². The van der Waals surface area contributed by atoms with Crippen LogP contribution < -0.4 is 0 Å². The number of nitrogens with zero attached hydrogens (tertiary/aromatic N) is 1. The van der Waals surface area contributed by atoms with Crippen molar-refractivity contribution in [1.29, 1.82) is 0 Å². The van der Waals surface area contributed by atoms with Crippen molar-refractivity contribution in [2.75, 3.05) is 13.2 Å². The quantitative estimate of drug-likeness (QED) is 0.816. The third kappa shape index (κ3) is 1.43. The zero-order valence-corrected chi connectivity index (χ0v) is 9.04. The highest BCUT2D eigenvalue weighted by molar-refractivity contribution is 5.85. The molecular weight excluding hydrogens is 202 g/mol. The number of hydrogen-bond donors (Lipinski definition) is 1. The molecule has 1 amide bonds. The van der Waals surface area contributed by atoms with E-state index in [9.17, 15) is 4.79 Å². The molecule has 1 saturated heterocycles. The Balaban J connectivity index is 1.66. The first kappa shape index (κ1) is 9.85. The second kappa shape index (κ2) is 3.59. The molecule has 1 saturated carbocycles. The van der Waals surface area contributed by atoms with E-state index in [2.05, 4.69) is 0 Å². The van der Waals surface area contributed by atoms with Crippen LogP contribution >= 0.6 is 0 Å². The van der Waals surface area contributed by atoms with Gasteiger partial charge in [-0.2, -0.15) is 0 Å². The first-order valence-corrected chi connectivity index (χ1v) is 5.75. The number of rotatable bonds is 3. The summed E-state index contributed by atoms with van der Waals surface area (Å²) in [6.07, 6.45) is 0. The maximum Gasteiger partial charge on any atom is 0.226 e. The van der Waals surface area contributed by atoms with E-state index in [1.807, 2.05) is 35.2 Å². The Kier molecular flexibility index (Phi) is 2.21. The van der Waals surface area contributed by atoms with Crippen LogP contribution in [0.2, 0.25) is 0 Å². The van der Waals surface area contributed by atoms with Crippen LogP contribution in [0.15, 0.2) is 30.3 Å². The number of piperidine rings is 1. The van der Waals surface area contributed by atoms with E-state index >= 15 is 0 Å². The number of fused-ring (bicyclic) bond motifs is 1. The van der Waals surface area contributed by atoms with Gasteiger partial charge < -0.3 is 10.0 Å². The minimum absolute atomic E-state index is 0.119.